The lowest BCUT2D eigenvalue weighted by molar-refractivity contribution is -0.148. The maximum Gasteiger partial charge on any atom is 0.250 e. The predicted molar refractivity (Wildman–Crippen MR) is 128 cm³/mol. The van der Waals surface area contributed by atoms with Gasteiger partial charge in [-0.15, -0.1) is 0 Å². The number of nitrogens with zero attached hydrogens (tertiary/aromatic N) is 1. The molecule has 186 valence electrons. The third-order valence-electron chi connectivity index (χ3n) is 8.07. The fourth-order valence-electron chi connectivity index (χ4n) is 6.64. The Labute approximate surface area is 201 Å². The molecular weight excluding hydrogens is 434 g/mol. The molecule has 3 amide bonds. The molecule has 0 aliphatic carbocycles. The molecule has 1 aromatic carbocycles. The first-order valence-corrected chi connectivity index (χ1v) is 12.2. The molecule has 3 heterocycles. The van der Waals surface area contributed by atoms with Crippen molar-refractivity contribution in [3.63, 3.8) is 0 Å². The highest BCUT2D eigenvalue weighted by atomic mass is 16.5. The van der Waals surface area contributed by atoms with Crippen LogP contribution in [0.15, 0.2) is 18.2 Å². The number of carbonyl (C=O) groups is 3. The summed E-state index contributed by atoms with van der Waals surface area (Å²) in [5.41, 5.74) is 0.646. The van der Waals surface area contributed by atoms with E-state index in [1.807, 2.05) is 52.8 Å². The Kier molecular flexibility index (Phi) is 6.27. The molecule has 0 radical (unpaired) electrons. The van der Waals surface area contributed by atoms with Crippen molar-refractivity contribution in [3.8, 4) is 0 Å². The number of likely N-dealkylation sites (tertiary alicyclic amines) is 1. The first-order chi connectivity index (χ1) is 16.0. The van der Waals surface area contributed by atoms with Crippen LogP contribution in [0.3, 0.4) is 0 Å². The van der Waals surface area contributed by atoms with Crippen molar-refractivity contribution in [2.45, 2.75) is 77.2 Å². The summed E-state index contributed by atoms with van der Waals surface area (Å²) >= 11 is 0. The number of amides is 3. The third-order valence-corrected chi connectivity index (χ3v) is 8.07. The standard InChI is InChI=1S/C26H37N3O5/c1-14(2)12-17(13-30)29-21(23(32)28-20-15(3)8-7-9-16(20)4)26-11-10-25(5,34-26)18(22(31)27-6)19(26)24(29)33/h7-9,14,17-19,21,30H,10-13H2,1-6H3,(H,27,31)(H,28,32)/t17-,18+,19+,21?,25-,26?/m1/s1. The van der Waals surface area contributed by atoms with Crippen LogP contribution in [0.4, 0.5) is 5.69 Å². The van der Waals surface area contributed by atoms with E-state index in [1.165, 1.54) is 4.90 Å². The number of carbonyl (C=O) groups excluding carboxylic acids is 3. The first kappa shape index (κ1) is 24.7. The van der Waals surface area contributed by atoms with E-state index >= 15 is 0 Å². The number of fused-ring (bicyclic) bond motifs is 1. The minimum Gasteiger partial charge on any atom is -0.394 e. The SMILES string of the molecule is CNC(=O)[C@@H]1[C@H]2C(=O)N([C@@H](CO)CC(C)C)C(C(=O)Nc3c(C)cccc3C)C23CC[C@@]1(C)O3. The Balaban J connectivity index is 1.81. The molecular formula is C26H37N3O5. The van der Waals surface area contributed by atoms with Gasteiger partial charge in [-0.2, -0.15) is 0 Å². The van der Waals surface area contributed by atoms with Crippen molar-refractivity contribution in [1.82, 2.24) is 10.2 Å². The van der Waals surface area contributed by atoms with Crippen molar-refractivity contribution in [2.75, 3.05) is 19.0 Å². The van der Waals surface area contributed by atoms with Crippen LogP contribution in [0.5, 0.6) is 0 Å². The number of nitrogens with one attached hydrogen (secondary N) is 2. The molecule has 1 aromatic rings. The zero-order chi connectivity index (χ0) is 25.0. The van der Waals surface area contributed by atoms with Crippen LogP contribution in [-0.4, -0.2) is 64.7 Å². The molecule has 8 nitrogen and oxygen atoms in total. The van der Waals surface area contributed by atoms with Crippen LogP contribution in [-0.2, 0) is 19.1 Å². The van der Waals surface area contributed by atoms with Gasteiger partial charge in [0.2, 0.25) is 17.7 Å². The molecule has 4 rings (SSSR count). The monoisotopic (exact) mass is 471 g/mol. The highest BCUT2D eigenvalue weighted by Crippen LogP contribution is 2.63. The van der Waals surface area contributed by atoms with E-state index in [-0.39, 0.29) is 30.2 Å². The van der Waals surface area contributed by atoms with Crippen LogP contribution in [0.1, 0.15) is 51.2 Å². The largest absolute Gasteiger partial charge is 0.394 e. The molecule has 3 fully saturated rings. The number of rotatable bonds is 7. The zero-order valence-corrected chi connectivity index (χ0v) is 21.0. The molecule has 3 N–H and O–H groups in total. The average Bonchev–Trinajstić information content (AvgIpc) is 3.34. The molecule has 0 saturated carbocycles. The third kappa shape index (κ3) is 3.53. The number of benzene rings is 1. The van der Waals surface area contributed by atoms with Gasteiger partial charge < -0.3 is 25.4 Å². The quantitative estimate of drug-likeness (QED) is 0.565. The van der Waals surface area contributed by atoms with Crippen LogP contribution in [0.25, 0.3) is 0 Å². The van der Waals surface area contributed by atoms with Gasteiger partial charge in [0.15, 0.2) is 0 Å². The van der Waals surface area contributed by atoms with Gasteiger partial charge in [0, 0.05) is 12.7 Å². The lowest BCUT2D eigenvalue weighted by Crippen LogP contribution is -2.56. The molecule has 34 heavy (non-hydrogen) atoms. The number of hydrogen-bond acceptors (Lipinski definition) is 5. The normalized spacial score (nSPS) is 32.8. The van der Waals surface area contributed by atoms with Gasteiger partial charge in [0.1, 0.15) is 11.6 Å². The molecule has 3 aliphatic heterocycles. The summed E-state index contributed by atoms with van der Waals surface area (Å²) in [5, 5.41) is 16.1. The number of ether oxygens (including phenoxy) is 1. The van der Waals surface area contributed by atoms with Gasteiger partial charge in [0.25, 0.3) is 0 Å². The predicted octanol–water partition coefficient (Wildman–Crippen LogP) is 2.16. The van der Waals surface area contributed by atoms with Crippen molar-refractivity contribution in [2.24, 2.45) is 17.8 Å². The highest BCUT2D eigenvalue weighted by molar-refractivity contribution is 6.04. The number of aliphatic hydroxyl groups is 1. The van der Waals surface area contributed by atoms with Gasteiger partial charge in [-0.3, -0.25) is 14.4 Å². The minimum absolute atomic E-state index is 0.203. The van der Waals surface area contributed by atoms with Gasteiger partial charge >= 0.3 is 0 Å². The fraction of sp³-hybridized carbons (Fsp3) is 0.654. The first-order valence-electron chi connectivity index (χ1n) is 12.2. The summed E-state index contributed by atoms with van der Waals surface area (Å²) in [4.78, 5) is 42.5. The number of para-hydroxylation sites is 1. The molecule has 3 aliphatic rings. The Hall–Kier alpha value is -2.45. The number of aliphatic hydroxyl groups excluding tert-OH is 1. The Morgan fingerprint density at radius 3 is 2.41 bits per heavy atom. The van der Waals surface area contributed by atoms with E-state index in [0.29, 0.717) is 24.9 Å². The van der Waals surface area contributed by atoms with Crippen LogP contribution < -0.4 is 10.6 Å². The summed E-state index contributed by atoms with van der Waals surface area (Å²) in [6, 6.07) is 4.31. The summed E-state index contributed by atoms with van der Waals surface area (Å²) in [6.07, 6.45) is 1.64. The smallest absolute Gasteiger partial charge is 0.250 e. The van der Waals surface area contributed by atoms with E-state index in [9.17, 15) is 19.5 Å². The summed E-state index contributed by atoms with van der Waals surface area (Å²) in [5.74, 6) is -2.10. The number of aryl methyl sites for hydroxylation is 2. The molecule has 1 spiro atoms. The fourth-order valence-corrected chi connectivity index (χ4v) is 6.64. The van der Waals surface area contributed by atoms with Crippen molar-refractivity contribution in [3.05, 3.63) is 29.3 Å². The zero-order valence-electron chi connectivity index (χ0n) is 21.0. The van der Waals surface area contributed by atoms with E-state index in [4.69, 9.17) is 4.74 Å². The lowest BCUT2D eigenvalue weighted by Gasteiger charge is -2.37. The molecule has 6 atom stereocenters. The molecule has 8 heteroatoms. The van der Waals surface area contributed by atoms with Crippen LogP contribution >= 0.6 is 0 Å². The molecule has 2 unspecified atom stereocenters. The van der Waals surface area contributed by atoms with E-state index in [1.54, 1.807) is 7.05 Å². The van der Waals surface area contributed by atoms with Gasteiger partial charge in [-0.1, -0.05) is 32.0 Å². The number of anilines is 1. The summed E-state index contributed by atoms with van der Waals surface area (Å²) < 4.78 is 6.57. The van der Waals surface area contributed by atoms with Gasteiger partial charge in [-0.25, -0.2) is 0 Å². The lowest BCUT2D eigenvalue weighted by atomic mass is 9.66. The second-order valence-electron chi connectivity index (χ2n) is 10.8. The van der Waals surface area contributed by atoms with Crippen molar-refractivity contribution < 1.29 is 24.2 Å². The molecule has 3 saturated heterocycles. The van der Waals surface area contributed by atoms with E-state index in [2.05, 4.69) is 10.6 Å². The van der Waals surface area contributed by atoms with E-state index in [0.717, 1.165) is 11.1 Å². The maximum absolute atomic E-state index is 14.0. The van der Waals surface area contributed by atoms with Crippen LogP contribution in [0, 0.1) is 31.6 Å². The van der Waals surface area contributed by atoms with Crippen LogP contribution in [0.2, 0.25) is 0 Å². The number of hydrogen-bond donors (Lipinski definition) is 3. The summed E-state index contributed by atoms with van der Waals surface area (Å²) in [7, 11) is 1.56. The van der Waals surface area contributed by atoms with Crippen molar-refractivity contribution in [1.29, 1.82) is 0 Å². The Bertz CT molecular complexity index is 990. The summed E-state index contributed by atoms with van der Waals surface area (Å²) in [6.45, 7) is 9.50. The highest BCUT2D eigenvalue weighted by Gasteiger charge is 2.78. The second-order valence-corrected chi connectivity index (χ2v) is 10.8. The topological polar surface area (TPSA) is 108 Å². The van der Waals surface area contributed by atoms with Crippen molar-refractivity contribution >= 4 is 23.4 Å². The molecule has 0 aromatic heterocycles. The molecule has 2 bridgehead atoms. The average molecular weight is 472 g/mol. The maximum atomic E-state index is 14.0. The van der Waals surface area contributed by atoms with E-state index < -0.39 is 35.1 Å². The Morgan fingerprint density at radius 1 is 1.21 bits per heavy atom. The Morgan fingerprint density at radius 2 is 1.85 bits per heavy atom. The van der Waals surface area contributed by atoms with Gasteiger partial charge in [-0.05, 0) is 57.1 Å². The van der Waals surface area contributed by atoms with Gasteiger partial charge in [0.05, 0.1) is 30.1 Å². The second kappa shape index (κ2) is 8.64. The minimum atomic E-state index is -1.10.